The third-order valence-electron chi connectivity index (χ3n) is 4.43. The predicted octanol–water partition coefficient (Wildman–Crippen LogP) is 2.39. The van der Waals surface area contributed by atoms with E-state index < -0.39 is 17.6 Å². The largest absolute Gasteiger partial charge is 0.487 e. The molecule has 0 bridgehead atoms. The summed E-state index contributed by atoms with van der Waals surface area (Å²) in [5.74, 6) is -1.31. The minimum atomic E-state index is -0.729. The Hall–Kier alpha value is -3.28. The molecule has 0 unspecified atom stereocenters. The Kier molecular flexibility index (Phi) is 5.99. The molecule has 3 rings (SSSR count). The number of piperidine rings is 1. The fourth-order valence-electron chi connectivity index (χ4n) is 2.95. The summed E-state index contributed by atoms with van der Waals surface area (Å²) in [6, 6.07) is 5.14. The van der Waals surface area contributed by atoms with E-state index in [1.165, 1.54) is 19.4 Å². The SMILES string of the molecule is COC(=O)Cc1nc(N2CCC(Oc3ccc(F)cc3F)CC2)cnc1C#N. The van der Waals surface area contributed by atoms with Crippen LogP contribution in [0.25, 0.3) is 0 Å². The molecule has 1 aliphatic heterocycles. The topological polar surface area (TPSA) is 88.3 Å². The maximum absolute atomic E-state index is 13.7. The van der Waals surface area contributed by atoms with Gasteiger partial charge in [0.05, 0.1) is 25.4 Å². The summed E-state index contributed by atoms with van der Waals surface area (Å²) in [6.07, 6.45) is 2.34. The predicted molar refractivity (Wildman–Crippen MR) is 94.7 cm³/mol. The second-order valence-electron chi connectivity index (χ2n) is 6.27. The molecule has 1 aliphatic rings. The van der Waals surface area contributed by atoms with E-state index >= 15 is 0 Å². The molecule has 1 fully saturated rings. The van der Waals surface area contributed by atoms with Gasteiger partial charge in [-0.25, -0.2) is 18.7 Å². The van der Waals surface area contributed by atoms with Crippen molar-refractivity contribution in [2.24, 2.45) is 0 Å². The summed E-state index contributed by atoms with van der Waals surface area (Å²) in [6.45, 7) is 1.15. The van der Waals surface area contributed by atoms with E-state index in [-0.39, 0.29) is 29.7 Å². The fourth-order valence-corrected chi connectivity index (χ4v) is 2.95. The van der Waals surface area contributed by atoms with Crippen LogP contribution in [0.3, 0.4) is 0 Å². The van der Waals surface area contributed by atoms with Gasteiger partial charge in [-0.1, -0.05) is 0 Å². The van der Waals surface area contributed by atoms with Crippen LogP contribution in [0.2, 0.25) is 0 Å². The zero-order valence-corrected chi connectivity index (χ0v) is 15.2. The number of nitrogens with zero attached hydrogens (tertiary/aromatic N) is 4. The minimum absolute atomic E-state index is 0.0263. The maximum atomic E-state index is 13.7. The lowest BCUT2D eigenvalue weighted by atomic mass is 10.1. The van der Waals surface area contributed by atoms with E-state index in [1.54, 1.807) is 0 Å². The molecule has 28 heavy (non-hydrogen) atoms. The number of esters is 1. The third kappa shape index (κ3) is 4.52. The molecule has 2 heterocycles. The second-order valence-corrected chi connectivity index (χ2v) is 6.27. The summed E-state index contributed by atoms with van der Waals surface area (Å²) < 4.78 is 37.0. The lowest BCUT2D eigenvalue weighted by Gasteiger charge is -2.33. The third-order valence-corrected chi connectivity index (χ3v) is 4.43. The zero-order valence-electron chi connectivity index (χ0n) is 15.2. The van der Waals surface area contributed by atoms with Gasteiger partial charge in [0.25, 0.3) is 0 Å². The Bertz CT molecular complexity index is 909. The summed E-state index contributed by atoms with van der Waals surface area (Å²) in [4.78, 5) is 21.9. The monoisotopic (exact) mass is 388 g/mol. The summed E-state index contributed by atoms with van der Waals surface area (Å²) in [5, 5.41) is 9.13. The van der Waals surface area contributed by atoms with Crippen molar-refractivity contribution in [3.8, 4) is 11.8 Å². The Morgan fingerprint density at radius 2 is 2.11 bits per heavy atom. The molecule has 9 heteroatoms. The lowest BCUT2D eigenvalue weighted by Crippen LogP contribution is -2.39. The number of ether oxygens (including phenoxy) is 2. The molecule has 0 amide bonds. The fraction of sp³-hybridized carbons (Fsp3) is 0.368. The molecule has 1 aromatic carbocycles. The quantitative estimate of drug-likeness (QED) is 0.727. The molecule has 1 saturated heterocycles. The number of nitriles is 1. The van der Waals surface area contributed by atoms with Gasteiger partial charge in [-0.15, -0.1) is 0 Å². The van der Waals surface area contributed by atoms with Crippen molar-refractivity contribution < 1.29 is 23.0 Å². The van der Waals surface area contributed by atoms with Crippen LogP contribution in [0.15, 0.2) is 24.4 Å². The molecule has 0 aliphatic carbocycles. The highest BCUT2D eigenvalue weighted by atomic mass is 19.1. The summed E-state index contributed by atoms with van der Waals surface area (Å²) in [7, 11) is 1.26. The number of anilines is 1. The van der Waals surface area contributed by atoms with E-state index in [0.29, 0.717) is 31.7 Å². The zero-order chi connectivity index (χ0) is 20.1. The number of hydrogen-bond donors (Lipinski definition) is 0. The molecule has 0 spiro atoms. The van der Waals surface area contributed by atoms with Gasteiger partial charge >= 0.3 is 5.97 Å². The van der Waals surface area contributed by atoms with Gasteiger partial charge in [-0.05, 0) is 12.1 Å². The number of methoxy groups -OCH3 is 1. The average Bonchev–Trinajstić information content (AvgIpc) is 2.70. The number of carbonyl (C=O) groups is 1. The number of rotatable bonds is 5. The van der Waals surface area contributed by atoms with E-state index in [0.717, 1.165) is 12.1 Å². The van der Waals surface area contributed by atoms with Gasteiger partial charge in [0.15, 0.2) is 17.3 Å². The van der Waals surface area contributed by atoms with Gasteiger partial charge in [-0.2, -0.15) is 5.26 Å². The van der Waals surface area contributed by atoms with Crippen molar-refractivity contribution in [1.29, 1.82) is 5.26 Å². The highest BCUT2D eigenvalue weighted by Crippen LogP contribution is 2.25. The molecule has 2 aromatic rings. The van der Waals surface area contributed by atoms with E-state index in [1.807, 2.05) is 11.0 Å². The van der Waals surface area contributed by atoms with Crippen LogP contribution in [-0.2, 0) is 16.0 Å². The first-order valence-electron chi connectivity index (χ1n) is 8.69. The smallest absolute Gasteiger partial charge is 0.311 e. The molecule has 0 saturated carbocycles. The second kappa shape index (κ2) is 8.61. The Morgan fingerprint density at radius 3 is 2.75 bits per heavy atom. The molecule has 0 N–H and O–H groups in total. The van der Waals surface area contributed by atoms with Crippen molar-refractivity contribution >= 4 is 11.8 Å². The molecular formula is C19H18F2N4O3. The van der Waals surface area contributed by atoms with Gasteiger partial charge in [0, 0.05) is 32.0 Å². The molecule has 0 radical (unpaired) electrons. The number of carbonyl (C=O) groups excluding carboxylic acids is 1. The van der Waals surface area contributed by atoms with Crippen LogP contribution in [-0.4, -0.2) is 42.2 Å². The van der Waals surface area contributed by atoms with Gasteiger partial charge in [0.1, 0.15) is 23.8 Å². The normalized spacial score (nSPS) is 14.4. The van der Waals surface area contributed by atoms with Crippen LogP contribution in [0, 0.1) is 23.0 Å². The Balaban J connectivity index is 1.65. The van der Waals surface area contributed by atoms with Crippen LogP contribution in [0.5, 0.6) is 5.75 Å². The van der Waals surface area contributed by atoms with Crippen molar-refractivity contribution in [2.75, 3.05) is 25.1 Å². The molecule has 0 atom stereocenters. The lowest BCUT2D eigenvalue weighted by molar-refractivity contribution is -0.139. The Morgan fingerprint density at radius 1 is 1.36 bits per heavy atom. The van der Waals surface area contributed by atoms with Crippen LogP contribution in [0.4, 0.5) is 14.6 Å². The minimum Gasteiger partial charge on any atom is -0.487 e. The standard InChI is InChI=1S/C19H18F2N4O3/c1-27-19(26)9-15-16(10-22)23-11-18(24-15)25-6-4-13(5-7-25)28-17-3-2-12(20)8-14(17)21/h2-3,8,11,13H,4-7,9H2,1H3. The van der Waals surface area contributed by atoms with Crippen LogP contribution >= 0.6 is 0 Å². The first-order valence-corrected chi connectivity index (χ1v) is 8.69. The number of aromatic nitrogens is 2. The maximum Gasteiger partial charge on any atom is 0.311 e. The van der Waals surface area contributed by atoms with Crippen LogP contribution in [0.1, 0.15) is 24.2 Å². The number of halogens is 2. The first kappa shape index (κ1) is 19.5. The van der Waals surface area contributed by atoms with Crippen molar-refractivity contribution in [2.45, 2.75) is 25.4 Å². The van der Waals surface area contributed by atoms with Gasteiger partial charge in [-0.3, -0.25) is 4.79 Å². The first-order chi connectivity index (χ1) is 13.5. The van der Waals surface area contributed by atoms with Crippen molar-refractivity contribution in [1.82, 2.24) is 9.97 Å². The highest BCUT2D eigenvalue weighted by Gasteiger charge is 2.24. The number of hydrogen-bond acceptors (Lipinski definition) is 7. The summed E-state index contributed by atoms with van der Waals surface area (Å²) >= 11 is 0. The molecule has 1 aromatic heterocycles. The van der Waals surface area contributed by atoms with E-state index in [4.69, 9.17) is 10.00 Å². The molecular weight excluding hydrogens is 370 g/mol. The molecule has 146 valence electrons. The molecule has 7 nitrogen and oxygen atoms in total. The summed E-state index contributed by atoms with van der Waals surface area (Å²) in [5.41, 5.74) is 0.345. The number of benzene rings is 1. The Labute approximate surface area is 160 Å². The van der Waals surface area contributed by atoms with E-state index in [9.17, 15) is 13.6 Å². The van der Waals surface area contributed by atoms with Gasteiger partial charge < -0.3 is 14.4 Å². The van der Waals surface area contributed by atoms with Crippen molar-refractivity contribution in [3.05, 3.63) is 47.4 Å². The van der Waals surface area contributed by atoms with E-state index in [2.05, 4.69) is 14.7 Å². The highest BCUT2D eigenvalue weighted by molar-refractivity contribution is 5.72. The average molecular weight is 388 g/mol. The van der Waals surface area contributed by atoms with Crippen molar-refractivity contribution in [3.63, 3.8) is 0 Å². The van der Waals surface area contributed by atoms with Crippen LogP contribution < -0.4 is 9.64 Å². The van der Waals surface area contributed by atoms with Gasteiger partial charge in [0.2, 0.25) is 0 Å².